The number of rotatable bonds is 2. The van der Waals surface area contributed by atoms with Crippen molar-refractivity contribution in [2.24, 2.45) is 0 Å². The van der Waals surface area contributed by atoms with E-state index < -0.39 is 38.5 Å². The Bertz CT molecular complexity index is 1040. The maximum Gasteiger partial charge on any atom is 0.534 e. The van der Waals surface area contributed by atoms with E-state index in [1.807, 2.05) is 11.9 Å². The summed E-state index contributed by atoms with van der Waals surface area (Å²) in [4.78, 5) is 14.7. The summed E-state index contributed by atoms with van der Waals surface area (Å²) >= 11 is 0. The second-order valence-corrected chi connectivity index (χ2v) is 9.76. The molecule has 4 atom stereocenters. The number of carbonyl (C=O) groups is 1. The van der Waals surface area contributed by atoms with Gasteiger partial charge in [-0.2, -0.15) is 21.6 Å². The molecule has 11 heteroatoms. The van der Waals surface area contributed by atoms with Crippen molar-refractivity contribution in [1.82, 2.24) is 4.90 Å². The molecule has 1 saturated heterocycles. The van der Waals surface area contributed by atoms with Crippen molar-refractivity contribution in [2.45, 2.75) is 54.4 Å². The molecule has 2 aliphatic heterocycles. The first-order valence-electron chi connectivity index (χ1n) is 9.21. The molecule has 5 rings (SSSR count). The van der Waals surface area contributed by atoms with Gasteiger partial charge in [0.2, 0.25) is 0 Å². The van der Waals surface area contributed by atoms with Crippen LogP contribution in [0.5, 0.6) is 11.5 Å². The Morgan fingerprint density at radius 3 is 2.72 bits per heavy atom. The van der Waals surface area contributed by atoms with Gasteiger partial charge >= 0.3 is 15.6 Å². The summed E-state index contributed by atoms with van der Waals surface area (Å²) in [5.41, 5.74) is -6.90. The number of alkyl halides is 3. The zero-order chi connectivity index (χ0) is 21.0. The van der Waals surface area contributed by atoms with Crippen molar-refractivity contribution in [2.75, 3.05) is 13.6 Å². The molecule has 2 bridgehead atoms. The second-order valence-electron chi connectivity index (χ2n) is 8.22. The van der Waals surface area contributed by atoms with Crippen molar-refractivity contribution in [1.29, 1.82) is 0 Å². The van der Waals surface area contributed by atoms with Crippen LogP contribution >= 0.6 is 0 Å². The largest absolute Gasteiger partial charge is 0.534 e. The van der Waals surface area contributed by atoms with Crippen LogP contribution in [0.3, 0.4) is 0 Å². The number of benzene rings is 1. The van der Waals surface area contributed by atoms with Crippen LogP contribution in [-0.4, -0.2) is 61.1 Å². The summed E-state index contributed by atoms with van der Waals surface area (Å²) in [5, 5.41) is 11.7. The SMILES string of the molecule is CN1CC[C@]23c4c5ccc(OS(=O)(=O)C(F)(F)F)c4O[C@H]2C(=O)CC[C@@]3(O)[C@H]1C5. The topological polar surface area (TPSA) is 93.1 Å². The van der Waals surface area contributed by atoms with Crippen molar-refractivity contribution in [3.8, 4) is 11.5 Å². The van der Waals surface area contributed by atoms with Gasteiger partial charge in [-0.05, 0) is 44.5 Å². The van der Waals surface area contributed by atoms with Crippen LogP contribution in [-0.2, 0) is 26.7 Å². The van der Waals surface area contributed by atoms with Crippen LogP contribution in [0.25, 0.3) is 0 Å². The summed E-state index contributed by atoms with van der Waals surface area (Å²) in [7, 11) is -4.03. The fraction of sp³-hybridized carbons (Fsp3) is 0.611. The molecule has 1 aromatic carbocycles. The van der Waals surface area contributed by atoms with Gasteiger partial charge in [0.15, 0.2) is 23.4 Å². The molecule has 4 aliphatic rings. The van der Waals surface area contributed by atoms with E-state index in [9.17, 15) is 31.5 Å². The molecule has 0 unspecified atom stereocenters. The number of carbonyl (C=O) groups excluding carboxylic acids is 1. The van der Waals surface area contributed by atoms with Crippen LogP contribution in [0.4, 0.5) is 13.2 Å². The molecule has 1 aromatic rings. The van der Waals surface area contributed by atoms with Gasteiger partial charge in [-0.15, -0.1) is 0 Å². The third-order valence-corrected chi connectivity index (χ3v) is 7.96. The molecule has 0 radical (unpaired) electrons. The molecular formula is C18H18F3NO6S. The van der Waals surface area contributed by atoms with Gasteiger partial charge in [0.25, 0.3) is 0 Å². The van der Waals surface area contributed by atoms with E-state index in [0.717, 1.165) is 11.6 Å². The lowest BCUT2D eigenvalue weighted by molar-refractivity contribution is -0.185. The van der Waals surface area contributed by atoms with Gasteiger partial charge in [-0.3, -0.25) is 4.79 Å². The number of Topliss-reactive ketones (excluding diaryl/α,β-unsaturated/α-hetero) is 1. The van der Waals surface area contributed by atoms with Crippen molar-refractivity contribution in [3.05, 3.63) is 23.3 Å². The highest BCUT2D eigenvalue weighted by Crippen LogP contribution is 2.64. The van der Waals surface area contributed by atoms with Gasteiger partial charge in [0.1, 0.15) is 0 Å². The summed E-state index contributed by atoms with van der Waals surface area (Å²) in [5.74, 6) is -1.05. The predicted molar refractivity (Wildman–Crippen MR) is 92.1 cm³/mol. The number of ketones is 1. The van der Waals surface area contributed by atoms with Gasteiger partial charge < -0.3 is 18.9 Å². The van der Waals surface area contributed by atoms with Gasteiger partial charge in [0.05, 0.1) is 11.0 Å². The number of hydrogen-bond donors (Lipinski definition) is 1. The summed E-state index contributed by atoms with van der Waals surface area (Å²) in [6.45, 7) is 0.560. The van der Waals surface area contributed by atoms with Gasteiger partial charge in [0, 0.05) is 18.0 Å². The predicted octanol–water partition coefficient (Wildman–Crippen LogP) is 1.27. The molecule has 1 saturated carbocycles. The zero-order valence-corrected chi connectivity index (χ0v) is 16.1. The number of likely N-dealkylation sites (N-methyl/N-ethyl adjacent to an activating group) is 1. The number of ether oxygens (including phenoxy) is 1. The second kappa shape index (κ2) is 5.44. The Morgan fingerprint density at radius 1 is 1.31 bits per heavy atom. The molecule has 7 nitrogen and oxygen atoms in total. The van der Waals surface area contributed by atoms with Crippen LogP contribution < -0.4 is 8.92 Å². The molecule has 1 spiro atoms. The highest BCUT2D eigenvalue weighted by molar-refractivity contribution is 7.88. The Labute approximate surface area is 164 Å². The molecule has 1 N–H and O–H groups in total. The minimum absolute atomic E-state index is 0.0770. The standard InChI is InChI=1S/C18H18F3NO6S/c1-22-7-6-16-13-9-2-3-11(28-29(25,26)18(19,20)21)14(13)27-15(16)10(23)4-5-17(16,24)12(22)8-9/h2-3,12,15,24H,4-8H2,1H3/t12-,15+,16+,17-/m1/s1. The highest BCUT2D eigenvalue weighted by atomic mass is 32.2. The van der Waals surface area contributed by atoms with Crippen LogP contribution in [0.15, 0.2) is 12.1 Å². The van der Waals surface area contributed by atoms with Crippen molar-refractivity contribution < 1.29 is 40.4 Å². The minimum Gasteiger partial charge on any atom is -0.477 e. The van der Waals surface area contributed by atoms with Crippen LogP contribution in [0.2, 0.25) is 0 Å². The molecule has 0 aromatic heterocycles. The van der Waals surface area contributed by atoms with E-state index in [0.29, 0.717) is 24.9 Å². The summed E-state index contributed by atoms with van der Waals surface area (Å²) in [6, 6.07) is 2.34. The highest BCUT2D eigenvalue weighted by Gasteiger charge is 2.73. The first-order valence-corrected chi connectivity index (χ1v) is 10.6. The normalized spacial score (nSPS) is 35.8. The molecule has 2 aliphatic carbocycles. The summed E-state index contributed by atoms with van der Waals surface area (Å²) in [6.07, 6.45) is -0.0142. The van der Waals surface area contributed by atoms with Crippen molar-refractivity contribution >= 4 is 15.9 Å². The van der Waals surface area contributed by atoms with Gasteiger partial charge in [-0.25, -0.2) is 0 Å². The lowest BCUT2D eigenvalue weighted by atomic mass is 9.49. The zero-order valence-electron chi connectivity index (χ0n) is 15.3. The first-order chi connectivity index (χ1) is 13.4. The number of likely N-dealkylation sites (tertiary alicyclic amines) is 1. The molecule has 2 heterocycles. The Kier molecular flexibility index (Phi) is 3.59. The van der Waals surface area contributed by atoms with Crippen molar-refractivity contribution in [3.63, 3.8) is 0 Å². The van der Waals surface area contributed by atoms with E-state index in [4.69, 9.17) is 4.74 Å². The average Bonchev–Trinajstić information content (AvgIpc) is 2.97. The first kappa shape index (κ1) is 19.1. The Hall–Kier alpha value is -1.85. The number of hydrogen-bond acceptors (Lipinski definition) is 7. The van der Waals surface area contributed by atoms with Crippen LogP contribution in [0, 0.1) is 0 Å². The number of nitrogens with zero attached hydrogens (tertiary/aromatic N) is 1. The smallest absolute Gasteiger partial charge is 0.477 e. The Balaban J connectivity index is 1.73. The number of halogens is 3. The lowest BCUT2D eigenvalue weighted by Crippen LogP contribution is -2.76. The summed E-state index contributed by atoms with van der Waals surface area (Å²) < 4.78 is 71.8. The molecule has 2 fully saturated rings. The fourth-order valence-corrected chi connectivity index (χ4v) is 6.22. The quantitative estimate of drug-likeness (QED) is 0.555. The third kappa shape index (κ3) is 2.15. The molecule has 0 amide bonds. The Morgan fingerprint density at radius 2 is 2.03 bits per heavy atom. The number of piperidine rings is 1. The minimum atomic E-state index is -5.91. The third-order valence-electron chi connectivity index (χ3n) is 6.99. The number of aliphatic hydroxyl groups is 1. The fourth-order valence-electron chi connectivity index (χ4n) is 5.76. The van der Waals surface area contributed by atoms with E-state index in [-0.39, 0.29) is 30.4 Å². The molecule has 29 heavy (non-hydrogen) atoms. The van der Waals surface area contributed by atoms with E-state index >= 15 is 0 Å². The van der Waals surface area contributed by atoms with E-state index in [1.54, 1.807) is 0 Å². The van der Waals surface area contributed by atoms with E-state index in [1.165, 1.54) is 6.07 Å². The molecular weight excluding hydrogens is 415 g/mol. The maximum absolute atomic E-state index is 12.8. The monoisotopic (exact) mass is 433 g/mol. The maximum atomic E-state index is 12.8. The van der Waals surface area contributed by atoms with E-state index in [2.05, 4.69) is 4.18 Å². The van der Waals surface area contributed by atoms with Crippen LogP contribution in [0.1, 0.15) is 30.4 Å². The average molecular weight is 433 g/mol. The molecule has 158 valence electrons. The lowest BCUT2D eigenvalue weighted by Gasteiger charge is -2.61. The van der Waals surface area contributed by atoms with Gasteiger partial charge in [-0.1, -0.05) is 6.07 Å².